The van der Waals surface area contributed by atoms with Crippen LogP contribution in [0.3, 0.4) is 0 Å². The summed E-state index contributed by atoms with van der Waals surface area (Å²) in [4.78, 5) is 7.80. The highest BCUT2D eigenvalue weighted by atomic mass is 35.5. The van der Waals surface area contributed by atoms with Gasteiger partial charge in [0.1, 0.15) is 5.75 Å². The molecule has 0 amide bonds. The number of methoxy groups -OCH3 is 1. The van der Waals surface area contributed by atoms with Gasteiger partial charge in [-0.15, -0.1) is 0 Å². The number of hydrogen-bond acceptors (Lipinski definition) is 4. The normalized spacial score (nSPS) is 26.2. The molecule has 0 aromatic heterocycles. The maximum atomic E-state index is 6.38. The fraction of sp³-hybridized carbons (Fsp3) is 0.700. The largest absolute Gasteiger partial charge is 0.497 e. The molecule has 1 aromatic rings. The number of ether oxygens (including phenoxy) is 1. The molecule has 0 spiro atoms. The molecule has 0 aliphatic carbocycles. The second-order valence-electron chi connectivity index (χ2n) is 7.59. The minimum atomic E-state index is 0.758. The standard InChI is InChI=1S/C20H32ClN3O/c1-16-4-5-17(2)24(16)13-12-22-8-10-23(11-9-22)15-18-6-7-19(25-3)14-20(18)21/h6-7,14,16-17H,4-5,8-13,15H2,1-3H3/t16-,17+. The van der Waals surface area contributed by atoms with E-state index in [0.29, 0.717) is 0 Å². The molecule has 2 atom stereocenters. The number of halogens is 1. The van der Waals surface area contributed by atoms with Gasteiger partial charge in [-0.3, -0.25) is 14.7 Å². The summed E-state index contributed by atoms with van der Waals surface area (Å²) in [5.41, 5.74) is 1.19. The predicted molar refractivity (Wildman–Crippen MR) is 105 cm³/mol. The van der Waals surface area contributed by atoms with Crippen molar-refractivity contribution in [3.05, 3.63) is 28.8 Å². The summed E-state index contributed by atoms with van der Waals surface area (Å²) in [6.45, 7) is 12.6. The van der Waals surface area contributed by atoms with E-state index >= 15 is 0 Å². The predicted octanol–water partition coefficient (Wildman–Crippen LogP) is 3.34. The van der Waals surface area contributed by atoms with Gasteiger partial charge >= 0.3 is 0 Å². The van der Waals surface area contributed by atoms with E-state index in [1.54, 1.807) is 7.11 Å². The first-order chi connectivity index (χ1) is 12.1. The van der Waals surface area contributed by atoms with Gasteiger partial charge in [-0.1, -0.05) is 17.7 Å². The molecule has 2 saturated heterocycles. The fourth-order valence-corrected chi connectivity index (χ4v) is 4.37. The van der Waals surface area contributed by atoms with Gasteiger partial charge in [-0.2, -0.15) is 0 Å². The zero-order chi connectivity index (χ0) is 17.8. The summed E-state index contributed by atoms with van der Waals surface area (Å²) in [5, 5.41) is 0.804. The molecular formula is C20H32ClN3O. The Kier molecular flexibility index (Phi) is 6.61. The zero-order valence-electron chi connectivity index (χ0n) is 15.9. The van der Waals surface area contributed by atoms with E-state index in [4.69, 9.17) is 16.3 Å². The Balaban J connectivity index is 1.43. The molecule has 5 heteroatoms. The van der Waals surface area contributed by atoms with Gasteiger partial charge in [0.05, 0.1) is 7.11 Å². The average molecular weight is 366 g/mol. The maximum Gasteiger partial charge on any atom is 0.120 e. The number of piperazine rings is 1. The molecule has 140 valence electrons. The Labute approximate surface area is 157 Å². The molecule has 25 heavy (non-hydrogen) atoms. The van der Waals surface area contributed by atoms with Crippen molar-refractivity contribution in [2.45, 2.75) is 45.3 Å². The first kappa shape index (κ1) is 19.0. The Bertz CT molecular complexity index is 550. The van der Waals surface area contributed by atoms with Crippen molar-refractivity contribution in [3.63, 3.8) is 0 Å². The quantitative estimate of drug-likeness (QED) is 0.769. The number of hydrogen-bond donors (Lipinski definition) is 0. The SMILES string of the molecule is COc1ccc(CN2CCN(CCN3[C@H](C)CC[C@@H]3C)CC2)c(Cl)c1. The minimum Gasteiger partial charge on any atom is -0.497 e. The molecular weight excluding hydrogens is 334 g/mol. The van der Waals surface area contributed by atoms with Crippen molar-refractivity contribution >= 4 is 11.6 Å². The van der Waals surface area contributed by atoms with Crippen LogP contribution in [-0.2, 0) is 6.54 Å². The summed E-state index contributed by atoms with van der Waals surface area (Å²) >= 11 is 6.38. The van der Waals surface area contributed by atoms with Crippen LogP contribution in [0.1, 0.15) is 32.3 Å². The van der Waals surface area contributed by atoms with Crippen LogP contribution in [0.15, 0.2) is 18.2 Å². The van der Waals surface area contributed by atoms with Gasteiger partial charge in [0, 0.05) is 62.9 Å². The van der Waals surface area contributed by atoms with E-state index in [1.165, 1.54) is 31.5 Å². The molecule has 1 aromatic carbocycles. The number of likely N-dealkylation sites (tertiary alicyclic amines) is 1. The molecule has 0 radical (unpaired) electrons. The van der Waals surface area contributed by atoms with Crippen LogP contribution in [0.2, 0.25) is 5.02 Å². The van der Waals surface area contributed by atoms with Crippen molar-refractivity contribution < 1.29 is 4.74 Å². The van der Waals surface area contributed by atoms with Crippen molar-refractivity contribution in [2.24, 2.45) is 0 Å². The van der Waals surface area contributed by atoms with E-state index in [-0.39, 0.29) is 0 Å². The van der Waals surface area contributed by atoms with Crippen molar-refractivity contribution in [2.75, 3.05) is 46.4 Å². The molecule has 2 aliphatic rings. The van der Waals surface area contributed by atoms with E-state index in [2.05, 4.69) is 34.6 Å². The van der Waals surface area contributed by atoms with Gasteiger partial charge < -0.3 is 4.74 Å². The summed E-state index contributed by atoms with van der Waals surface area (Å²) < 4.78 is 5.23. The third-order valence-electron chi connectivity index (χ3n) is 5.93. The highest BCUT2D eigenvalue weighted by Crippen LogP contribution is 2.25. The summed E-state index contributed by atoms with van der Waals surface area (Å²) in [5.74, 6) is 0.823. The van der Waals surface area contributed by atoms with Crippen molar-refractivity contribution in [3.8, 4) is 5.75 Å². The lowest BCUT2D eigenvalue weighted by molar-refractivity contribution is 0.106. The number of benzene rings is 1. The molecule has 3 rings (SSSR count). The third-order valence-corrected chi connectivity index (χ3v) is 6.28. The van der Waals surface area contributed by atoms with Crippen LogP contribution >= 0.6 is 11.6 Å². The van der Waals surface area contributed by atoms with Gasteiger partial charge in [0.25, 0.3) is 0 Å². The maximum absolute atomic E-state index is 6.38. The van der Waals surface area contributed by atoms with Crippen LogP contribution in [0, 0.1) is 0 Å². The fourth-order valence-electron chi connectivity index (χ4n) is 4.14. The van der Waals surface area contributed by atoms with Crippen molar-refractivity contribution in [1.82, 2.24) is 14.7 Å². The zero-order valence-corrected chi connectivity index (χ0v) is 16.6. The minimum absolute atomic E-state index is 0.758. The Morgan fingerprint density at radius 3 is 2.24 bits per heavy atom. The van der Waals surface area contributed by atoms with E-state index < -0.39 is 0 Å². The number of rotatable bonds is 6. The average Bonchev–Trinajstić information content (AvgIpc) is 2.94. The summed E-state index contributed by atoms with van der Waals surface area (Å²) in [6, 6.07) is 7.51. The molecule has 0 unspecified atom stereocenters. The van der Waals surface area contributed by atoms with Crippen LogP contribution < -0.4 is 4.74 Å². The van der Waals surface area contributed by atoms with Crippen molar-refractivity contribution in [1.29, 1.82) is 0 Å². The molecule has 2 heterocycles. The second-order valence-corrected chi connectivity index (χ2v) is 8.00. The topological polar surface area (TPSA) is 19.0 Å². The van der Waals surface area contributed by atoms with Crippen LogP contribution in [-0.4, -0.2) is 73.2 Å². The Morgan fingerprint density at radius 2 is 1.64 bits per heavy atom. The lowest BCUT2D eigenvalue weighted by Gasteiger charge is -2.36. The van der Waals surface area contributed by atoms with Gasteiger partial charge in [0.2, 0.25) is 0 Å². The van der Waals surface area contributed by atoms with Crippen LogP contribution in [0.4, 0.5) is 0 Å². The summed E-state index contributed by atoms with van der Waals surface area (Å²) in [7, 11) is 1.67. The highest BCUT2D eigenvalue weighted by molar-refractivity contribution is 6.31. The molecule has 2 aliphatic heterocycles. The van der Waals surface area contributed by atoms with Gasteiger partial charge in [0.15, 0.2) is 0 Å². The lowest BCUT2D eigenvalue weighted by atomic mass is 10.2. The van der Waals surface area contributed by atoms with Crippen LogP contribution in [0.5, 0.6) is 5.75 Å². The monoisotopic (exact) mass is 365 g/mol. The Hall–Kier alpha value is -0.810. The first-order valence-corrected chi connectivity index (χ1v) is 9.97. The van der Waals surface area contributed by atoms with Gasteiger partial charge in [-0.25, -0.2) is 0 Å². The smallest absolute Gasteiger partial charge is 0.120 e. The molecule has 4 nitrogen and oxygen atoms in total. The highest BCUT2D eigenvalue weighted by Gasteiger charge is 2.27. The van der Waals surface area contributed by atoms with E-state index in [9.17, 15) is 0 Å². The van der Waals surface area contributed by atoms with E-state index in [1.807, 2.05) is 12.1 Å². The lowest BCUT2D eigenvalue weighted by Crippen LogP contribution is -2.48. The molecule has 0 N–H and O–H groups in total. The molecule has 0 bridgehead atoms. The Morgan fingerprint density at radius 1 is 1.00 bits per heavy atom. The summed E-state index contributed by atoms with van der Waals surface area (Å²) in [6.07, 6.45) is 2.72. The third kappa shape index (κ3) is 4.88. The van der Waals surface area contributed by atoms with E-state index in [0.717, 1.165) is 55.6 Å². The first-order valence-electron chi connectivity index (χ1n) is 9.59. The number of nitrogens with zero attached hydrogens (tertiary/aromatic N) is 3. The second kappa shape index (κ2) is 8.72. The van der Waals surface area contributed by atoms with Crippen LogP contribution in [0.25, 0.3) is 0 Å². The van der Waals surface area contributed by atoms with Gasteiger partial charge in [-0.05, 0) is 44.4 Å². The molecule has 0 saturated carbocycles. The molecule has 2 fully saturated rings.